The van der Waals surface area contributed by atoms with Crippen molar-refractivity contribution >= 4 is 50.6 Å². The Kier molecular flexibility index (Phi) is 7.52. The Hall–Kier alpha value is -2.91. The average molecular weight is 523 g/mol. The van der Waals surface area contributed by atoms with Crippen LogP contribution < -0.4 is 15.0 Å². The molecule has 1 atom stereocenters. The first kappa shape index (κ1) is 23.7. The van der Waals surface area contributed by atoms with Gasteiger partial charge in [0.2, 0.25) is 0 Å². The summed E-state index contributed by atoms with van der Waals surface area (Å²) in [7, 11) is 1.41. The number of carboxylic acid groups (broad SMARTS) is 1. The molecule has 0 radical (unpaired) electrons. The van der Waals surface area contributed by atoms with Gasteiger partial charge >= 0.3 is 5.97 Å². The van der Waals surface area contributed by atoms with Crippen molar-refractivity contribution in [3.05, 3.63) is 61.6 Å². The molecule has 0 aliphatic rings. The lowest BCUT2D eigenvalue weighted by Gasteiger charge is -2.15. The maximum atomic E-state index is 13.3. The van der Waals surface area contributed by atoms with Gasteiger partial charge in [-0.15, -0.1) is 0 Å². The van der Waals surface area contributed by atoms with E-state index in [9.17, 15) is 9.59 Å². The molecule has 0 spiro atoms. The molecule has 3 aromatic rings. The number of halogens is 2. The number of nitrogens with zero attached hydrogens (tertiary/aromatic N) is 3. The smallest absolute Gasteiger partial charge is 0.341 e. The van der Waals surface area contributed by atoms with Crippen molar-refractivity contribution in [3.63, 3.8) is 0 Å². The third-order valence-corrected chi connectivity index (χ3v) is 5.52. The molecule has 0 unspecified atom stereocenters. The lowest BCUT2D eigenvalue weighted by molar-refractivity contribution is -0.139. The Morgan fingerprint density at radius 2 is 2.12 bits per heavy atom. The largest absolute Gasteiger partial charge is 0.493 e. The molecule has 3 rings (SSSR count). The van der Waals surface area contributed by atoms with Crippen LogP contribution in [0.2, 0.25) is 5.02 Å². The lowest BCUT2D eigenvalue weighted by Crippen LogP contribution is -2.23. The molecule has 1 N–H and O–H groups in total. The predicted molar refractivity (Wildman–Crippen MR) is 127 cm³/mol. The van der Waals surface area contributed by atoms with Gasteiger partial charge < -0.3 is 14.6 Å². The highest BCUT2D eigenvalue weighted by Crippen LogP contribution is 2.34. The van der Waals surface area contributed by atoms with E-state index in [-0.39, 0.29) is 23.0 Å². The summed E-state index contributed by atoms with van der Waals surface area (Å²) < 4.78 is 12.7. The van der Waals surface area contributed by atoms with Crippen LogP contribution in [0.4, 0.5) is 0 Å². The van der Waals surface area contributed by atoms with Crippen LogP contribution in [-0.4, -0.2) is 40.7 Å². The van der Waals surface area contributed by atoms with Gasteiger partial charge in [0.15, 0.2) is 18.1 Å². The van der Waals surface area contributed by atoms with Crippen LogP contribution in [0.15, 0.2) is 44.7 Å². The second kappa shape index (κ2) is 10.1. The summed E-state index contributed by atoms with van der Waals surface area (Å²) in [6.45, 7) is 3.38. The second-order valence-electron chi connectivity index (χ2n) is 7.01. The van der Waals surface area contributed by atoms with Gasteiger partial charge in [0, 0.05) is 27.0 Å². The van der Waals surface area contributed by atoms with Crippen LogP contribution in [0.5, 0.6) is 11.5 Å². The number of hydrogen-bond acceptors (Lipinski definition) is 6. The SMILES string of the molecule is CC[C@H](C)c1nc2ccc(Br)cc2c(=O)n1N=Cc1cc(Cl)cc(OC)c1OCC(=O)O. The Labute approximate surface area is 197 Å². The van der Waals surface area contributed by atoms with E-state index in [0.717, 1.165) is 10.9 Å². The number of carboxylic acids is 1. The minimum atomic E-state index is -1.15. The van der Waals surface area contributed by atoms with Crippen molar-refractivity contribution < 1.29 is 19.4 Å². The minimum absolute atomic E-state index is 0.0375. The zero-order valence-electron chi connectivity index (χ0n) is 17.6. The van der Waals surface area contributed by atoms with E-state index in [2.05, 4.69) is 26.0 Å². The Morgan fingerprint density at radius 1 is 1.38 bits per heavy atom. The monoisotopic (exact) mass is 521 g/mol. The molecule has 0 aliphatic carbocycles. The van der Waals surface area contributed by atoms with E-state index < -0.39 is 12.6 Å². The molecule has 1 aromatic heterocycles. The highest BCUT2D eigenvalue weighted by molar-refractivity contribution is 9.10. The number of carbonyl (C=O) groups is 1. The van der Waals surface area contributed by atoms with Gasteiger partial charge in [0.1, 0.15) is 5.82 Å². The van der Waals surface area contributed by atoms with Gasteiger partial charge in [0.05, 0.1) is 24.2 Å². The van der Waals surface area contributed by atoms with Crippen molar-refractivity contribution in [2.45, 2.75) is 26.2 Å². The normalized spacial score (nSPS) is 12.3. The lowest BCUT2D eigenvalue weighted by atomic mass is 10.1. The second-order valence-corrected chi connectivity index (χ2v) is 8.36. The van der Waals surface area contributed by atoms with Crippen LogP contribution in [0.1, 0.15) is 37.6 Å². The zero-order valence-corrected chi connectivity index (χ0v) is 20.0. The summed E-state index contributed by atoms with van der Waals surface area (Å²) in [5.74, 6) is -0.285. The summed E-state index contributed by atoms with van der Waals surface area (Å²) in [5, 5.41) is 14.1. The van der Waals surface area contributed by atoms with Gasteiger partial charge in [-0.1, -0.05) is 41.4 Å². The van der Waals surface area contributed by atoms with Gasteiger partial charge in [-0.25, -0.2) is 9.78 Å². The first-order valence-electron chi connectivity index (χ1n) is 9.73. The fourth-order valence-electron chi connectivity index (χ4n) is 3.02. The molecule has 0 bridgehead atoms. The number of methoxy groups -OCH3 is 1. The molecule has 0 aliphatic heterocycles. The standard InChI is InChI=1S/C22H21BrClN3O5/c1-4-12(2)21-26-17-6-5-14(23)8-16(17)22(30)27(21)25-10-13-7-15(24)9-18(31-3)20(13)32-11-19(28)29/h5-10,12H,4,11H2,1-3H3,(H,28,29)/t12-/m0/s1. The summed E-state index contributed by atoms with van der Waals surface area (Å²) >= 11 is 9.56. The molecule has 1 heterocycles. The van der Waals surface area contributed by atoms with E-state index >= 15 is 0 Å². The van der Waals surface area contributed by atoms with Crippen molar-refractivity contribution in [2.24, 2.45) is 5.10 Å². The predicted octanol–water partition coefficient (Wildman–Crippen LogP) is 4.68. The summed E-state index contributed by atoms with van der Waals surface area (Å²) in [6, 6.07) is 8.35. The number of aliphatic carboxylic acids is 1. The molecule has 10 heteroatoms. The number of hydrogen-bond donors (Lipinski definition) is 1. The summed E-state index contributed by atoms with van der Waals surface area (Å²) in [6.07, 6.45) is 2.13. The van der Waals surface area contributed by atoms with Gasteiger partial charge in [0.25, 0.3) is 5.56 Å². The highest BCUT2D eigenvalue weighted by atomic mass is 79.9. The van der Waals surface area contributed by atoms with Gasteiger partial charge in [-0.05, 0) is 30.7 Å². The molecule has 2 aromatic carbocycles. The van der Waals surface area contributed by atoms with Gasteiger partial charge in [-0.3, -0.25) is 4.79 Å². The Balaban J connectivity index is 2.19. The number of benzene rings is 2. The van der Waals surface area contributed by atoms with Crippen LogP contribution in [0.25, 0.3) is 10.9 Å². The molecule has 0 amide bonds. The van der Waals surface area contributed by atoms with Crippen molar-refractivity contribution in [1.82, 2.24) is 9.66 Å². The zero-order chi connectivity index (χ0) is 23.4. The summed E-state index contributed by atoms with van der Waals surface area (Å²) in [4.78, 5) is 28.9. The molecule has 0 fully saturated rings. The maximum absolute atomic E-state index is 13.3. The third kappa shape index (κ3) is 5.11. The van der Waals surface area contributed by atoms with Crippen molar-refractivity contribution in [2.75, 3.05) is 13.7 Å². The molecule has 0 saturated heterocycles. The average Bonchev–Trinajstić information content (AvgIpc) is 2.76. The molecule has 32 heavy (non-hydrogen) atoms. The molecular formula is C22H21BrClN3O5. The molecule has 8 nitrogen and oxygen atoms in total. The number of aromatic nitrogens is 2. The number of ether oxygens (including phenoxy) is 2. The van der Waals surface area contributed by atoms with Crippen LogP contribution in [-0.2, 0) is 4.79 Å². The van der Waals surface area contributed by atoms with Crippen molar-refractivity contribution in [3.8, 4) is 11.5 Å². The van der Waals surface area contributed by atoms with E-state index in [1.54, 1.807) is 18.2 Å². The molecule has 168 valence electrons. The van der Waals surface area contributed by atoms with E-state index in [1.165, 1.54) is 24.1 Å². The molecule has 0 saturated carbocycles. The highest BCUT2D eigenvalue weighted by Gasteiger charge is 2.17. The fourth-order valence-corrected chi connectivity index (χ4v) is 3.60. The van der Waals surface area contributed by atoms with E-state index in [1.807, 2.05) is 19.9 Å². The number of fused-ring (bicyclic) bond motifs is 1. The number of rotatable bonds is 8. The first-order valence-corrected chi connectivity index (χ1v) is 10.9. The Morgan fingerprint density at radius 3 is 2.78 bits per heavy atom. The van der Waals surface area contributed by atoms with Crippen LogP contribution in [0, 0.1) is 0 Å². The third-order valence-electron chi connectivity index (χ3n) is 4.81. The van der Waals surface area contributed by atoms with Gasteiger partial charge in [-0.2, -0.15) is 9.78 Å². The van der Waals surface area contributed by atoms with E-state index in [4.69, 9.17) is 26.2 Å². The minimum Gasteiger partial charge on any atom is -0.493 e. The van der Waals surface area contributed by atoms with Crippen molar-refractivity contribution in [1.29, 1.82) is 0 Å². The topological polar surface area (TPSA) is 103 Å². The quantitative estimate of drug-likeness (QED) is 0.431. The van der Waals surface area contributed by atoms with E-state index in [0.29, 0.717) is 27.3 Å². The Bertz CT molecular complexity index is 1260. The summed E-state index contributed by atoms with van der Waals surface area (Å²) in [5.41, 5.74) is 0.603. The van der Waals surface area contributed by atoms with Crippen LogP contribution in [0.3, 0.4) is 0 Å². The maximum Gasteiger partial charge on any atom is 0.341 e. The fraction of sp³-hybridized carbons (Fsp3) is 0.273. The first-order chi connectivity index (χ1) is 15.2. The van der Waals surface area contributed by atoms with Crippen LogP contribution >= 0.6 is 27.5 Å². The molecular weight excluding hydrogens is 502 g/mol.